The standard InChI is InChI=1S/C29H24FN7O/c1-2-3-4-27(38)33-20-11-18(13-31-14-20)23-9-10-24-28(35-23)29(37-36-24)25-12-21-22(15-32-16-26(21)34-25)17-5-7-19(30)8-6-17/h5-16,34H,2-4H2,1H3,(H,33,38)(H,36,37). The normalized spacial score (nSPS) is 11.3. The highest BCUT2D eigenvalue weighted by molar-refractivity contribution is 6.00. The Balaban J connectivity index is 1.37. The predicted octanol–water partition coefficient (Wildman–Crippen LogP) is 6.50. The van der Waals surface area contributed by atoms with E-state index in [1.165, 1.54) is 12.1 Å². The molecule has 0 saturated heterocycles. The van der Waals surface area contributed by atoms with Crippen molar-refractivity contribution >= 4 is 33.5 Å². The SMILES string of the molecule is CCCCC(=O)Nc1cncc(-c2ccc3[nH]nc(-c4cc5c(-c6ccc(F)cc6)cncc5[nH]4)c3n2)c1. The molecule has 0 atom stereocenters. The average Bonchev–Trinajstić information content (AvgIpc) is 3.56. The Morgan fingerprint density at radius 2 is 1.79 bits per heavy atom. The van der Waals surface area contributed by atoms with E-state index >= 15 is 0 Å². The zero-order valence-corrected chi connectivity index (χ0v) is 20.6. The number of nitrogens with zero attached hydrogens (tertiary/aromatic N) is 4. The van der Waals surface area contributed by atoms with E-state index in [9.17, 15) is 9.18 Å². The quantitative estimate of drug-likeness (QED) is 0.229. The first-order valence-electron chi connectivity index (χ1n) is 12.4. The van der Waals surface area contributed by atoms with Gasteiger partial charge in [0.2, 0.25) is 5.91 Å². The van der Waals surface area contributed by atoms with E-state index in [-0.39, 0.29) is 11.7 Å². The minimum absolute atomic E-state index is 0.0281. The van der Waals surface area contributed by atoms with Gasteiger partial charge in [-0.15, -0.1) is 0 Å². The first-order valence-corrected chi connectivity index (χ1v) is 12.4. The van der Waals surface area contributed by atoms with Gasteiger partial charge in [-0.1, -0.05) is 25.5 Å². The molecular formula is C29H24FN7O. The molecule has 1 aromatic carbocycles. The number of H-pyrrole nitrogens is 2. The fourth-order valence-electron chi connectivity index (χ4n) is 4.49. The molecule has 0 fully saturated rings. The Hall–Kier alpha value is -4.92. The number of pyridine rings is 3. The largest absolute Gasteiger partial charge is 0.352 e. The molecule has 3 N–H and O–H groups in total. The summed E-state index contributed by atoms with van der Waals surface area (Å²) in [6.45, 7) is 2.05. The lowest BCUT2D eigenvalue weighted by atomic mass is 10.0. The molecule has 38 heavy (non-hydrogen) atoms. The first-order chi connectivity index (χ1) is 18.6. The lowest BCUT2D eigenvalue weighted by Gasteiger charge is -2.07. The van der Waals surface area contributed by atoms with Gasteiger partial charge >= 0.3 is 0 Å². The number of benzene rings is 1. The molecule has 0 bridgehead atoms. The van der Waals surface area contributed by atoms with Crippen LogP contribution in [0, 0.1) is 5.82 Å². The number of carbonyl (C=O) groups excluding carboxylic acids is 1. The van der Waals surface area contributed by atoms with Gasteiger partial charge in [0.15, 0.2) is 0 Å². The van der Waals surface area contributed by atoms with Gasteiger partial charge in [0.05, 0.1) is 40.5 Å². The van der Waals surface area contributed by atoms with Gasteiger partial charge in [0, 0.05) is 35.3 Å². The smallest absolute Gasteiger partial charge is 0.224 e. The van der Waals surface area contributed by atoms with Crippen molar-refractivity contribution in [1.82, 2.24) is 30.1 Å². The highest BCUT2D eigenvalue weighted by Crippen LogP contribution is 2.34. The van der Waals surface area contributed by atoms with Crippen LogP contribution in [0.2, 0.25) is 0 Å². The molecule has 6 rings (SSSR count). The second kappa shape index (κ2) is 9.85. The Morgan fingerprint density at radius 1 is 0.947 bits per heavy atom. The number of nitrogens with one attached hydrogen (secondary N) is 3. The van der Waals surface area contributed by atoms with Crippen LogP contribution in [0.5, 0.6) is 0 Å². The van der Waals surface area contributed by atoms with E-state index in [4.69, 9.17) is 4.98 Å². The number of aromatic amines is 2. The van der Waals surface area contributed by atoms with Gasteiger partial charge in [0.25, 0.3) is 0 Å². The molecule has 0 aliphatic rings. The third-order valence-corrected chi connectivity index (χ3v) is 6.44. The predicted molar refractivity (Wildman–Crippen MR) is 146 cm³/mol. The second-order valence-corrected chi connectivity index (χ2v) is 9.12. The third-order valence-electron chi connectivity index (χ3n) is 6.44. The summed E-state index contributed by atoms with van der Waals surface area (Å²) in [6.07, 6.45) is 9.16. The summed E-state index contributed by atoms with van der Waals surface area (Å²) in [5, 5.41) is 11.5. The molecule has 5 aromatic heterocycles. The van der Waals surface area contributed by atoms with Crippen LogP contribution in [-0.4, -0.2) is 36.0 Å². The van der Waals surface area contributed by atoms with Crippen molar-refractivity contribution < 1.29 is 9.18 Å². The number of carbonyl (C=O) groups is 1. The molecule has 188 valence electrons. The van der Waals surface area contributed by atoms with Gasteiger partial charge in [-0.05, 0) is 48.4 Å². The number of hydrogen-bond donors (Lipinski definition) is 3. The Morgan fingerprint density at radius 3 is 2.63 bits per heavy atom. The van der Waals surface area contributed by atoms with E-state index in [1.54, 1.807) is 36.9 Å². The number of hydrogen-bond acceptors (Lipinski definition) is 5. The maximum absolute atomic E-state index is 13.5. The van der Waals surface area contributed by atoms with Crippen molar-refractivity contribution in [2.24, 2.45) is 0 Å². The fraction of sp³-hybridized carbons (Fsp3) is 0.138. The summed E-state index contributed by atoms with van der Waals surface area (Å²) in [5.41, 5.74) is 7.66. The summed E-state index contributed by atoms with van der Waals surface area (Å²) in [5.74, 6) is -0.312. The summed E-state index contributed by atoms with van der Waals surface area (Å²) < 4.78 is 13.5. The van der Waals surface area contributed by atoms with Gasteiger partial charge in [-0.3, -0.25) is 19.9 Å². The highest BCUT2D eigenvalue weighted by Gasteiger charge is 2.16. The van der Waals surface area contributed by atoms with Gasteiger partial charge < -0.3 is 10.3 Å². The van der Waals surface area contributed by atoms with Crippen molar-refractivity contribution in [3.63, 3.8) is 0 Å². The van der Waals surface area contributed by atoms with Crippen LogP contribution in [0.4, 0.5) is 10.1 Å². The summed E-state index contributed by atoms with van der Waals surface area (Å²) in [6, 6.07) is 14.1. The van der Waals surface area contributed by atoms with Crippen LogP contribution >= 0.6 is 0 Å². The Labute approximate surface area is 217 Å². The number of unbranched alkanes of at least 4 members (excludes halogenated alkanes) is 1. The zero-order valence-electron chi connectivity index (χ0n) is 20.6. The number of amides is 1. The molecule has 0 aliphatic carbocycles. The molecule has 0 aliphatic heterocycles. The molecule has 0 radical (unpaired) electrons. The maximum atomic E-state index is 13.5. The monoisotopic (exact) mass is 505 g/mol. The van der Waals surface area contributed by atoms with Crippen molar-refractivity contribution in [1.29, 1.82) is 0 Å². The number of aromatic nitrogens is 6. The van der Waals surface area contributed by atoms with E-state index < -0.39 is 0 Å². The number of fused-ring (bicyclic) bond motifs is 2. The van der Waals surface area contributed by atoms with Crippen LogP contribution in [0.3, 0.4) is 0 Å². The maximum Gasteiger partial charge on any atom is 0.224 e. The van der Waals surface area contributed by atoms with Gasteiger partial charge in [-0.25, -0.2) is 9.37 Å². The first kappa shape index (κ1) is 23.5. The number of halogens is 1. The van der Waals surface area contributed by atoms with Crippen LogP contribution in [0.25, 0.3) is 55.7 Å². The Kier molecular flexibility index (Phi) is 6.09. The van der Waals surface area contributed by atoms with Crippen LogP contribution in [-0.2, 0) is 4.79 Å². The highest BCUT2D eigenvalue weighted by atomic mass is 19.1. The number of rotatable bonds is 7. The topological polar surface area (TPSA) is 112 Å². The molecule has 8 nitrogen and oxygen atoms in total. The van der Waals surface area contributed by atoms with Crippen molar-refractivity contribution in [3.8, 4) is 33.8 Å². The lowest BCUT2D eigenvalue weighted by molar-refractivity contribution is -0.116. The van der Waals surface area contributed by atoms with Crippen LogP contribution in [0.15, 0.2) is 73.3 Å². The van der Waals surface area contributed by atoms with E-state index in [2.05, 4.69) is 37.4 Å². The van der Waals surface area contributed by atoms with Crippen molar-refractivity contribution in [2.45, 2.75) is 26.2 Å². The Bertz CT molecular complexity index is 1770. The van der Waals surface area contributed by atoms with E-state index in [0.29, 0.717) is 29.0 Å². The van der Waals surface area contributed by atoms with Crippen molar-refractivity contribution in [3.05, 3.63) is 79.1 Å². The molecule has 0 unspecified atom stereocenters. The third kappa shape index (κ3) is 4.50. The second-order valence-electron chi connectivity index (χ2n) is 9.12. The molecule has 6 aromatic rings. The average molecular weight is 506 g/mol. The van der Waals surface area contributed by atoms with Crippen molar-refractivity contribution in [2.75, 3.05) is 5.32 Å². The molecule has 1 amide bonds. The minimum atomic E-state index is -0.284. The summed E-state index contributed by atoms with van der Waals surface area (Å²) in [4.78, 5) is 29.1. The van der Waals surface area contributed by atoms with Crippen LogP contribution < -0.4 is 5.32 Å². The molecule has 0 saturated carbocycles. The zero-order chi connectivity index (χ0) is 26.1. The van der Waals surface area contributed by atoms with E-state index in [1.807, 2.05) is 24.3 Å². The summed E-state index contributed by atoms with van der Waals surface area (Å²) in [7, 11) is 0. The molecular weight excluding hydrogens is 481 g/mol. The van der Waals surface area contributed by atoms with Crippen LogP contribution in [0.1, 0.15) is 26.2 Å². The molecule has 9 heteroatoms. The van der Waals surface area contributed by atoms with Gasteiger partial charge in [0.1, 0.15) is 17.0 Å². The molecule has 0 spiro atoms. The summed E-state index contributed by atoms with van der Waals surface area (Å²) >= 11 is 0. The van der Waals surface area contributed by atoms with E-state index in [0.717, 1.165) is 51.6 Å². The number of anilines is 1. The lowest BCUT2D eigenvalue weighted by Crippen LogP contribution is -2.11. The molecule has 5 heterocycles. The minimum Gasteiger partial charge on any atom is -0.352 e. The van der Waals surface area contributed by atoms with Gasteiger partial charge in [-0.2, -0.15) is 5.10 Å². The fourth-order valence-corrected chi connectivity index (χ4v) is 4.49.